The SMILES string of the molecule is c1ccc2oc(CN3C[C@@H]4CCCN[C@@H]4C3)nc2c1. The van der Waals surface area contributed by atoms with Gasteiger partial charge in [0.05, 0.1) is 6.54 Å². The maximum absolute atomic E-state index is 5.81. The van der Waals surface area contributed by atoms with Crippen LogP contribution in [0.25, 0.3) is 11.1 Å². The van der Waals surface area contributed by atoms with E-state index < -0.39 is 0 Å². The van der Waals surface area contributed by atoms with Gasteiger partial charge in [0.2, 0.25) is 5.89 Å². The van der Waals surface area contributed by atoms with Crippen LogP contribution in [0.3, 0.4) is 0 Å². The largest absolute Gasteiger partial charge is 0.439 e. The van der Waals surface area contributed by atoms with E-state index in [4.69, 9.17) is 4.42 Å². The monoisotopic (exact) mass is 257 g/mol. The zero-order valence-electron chi connectivity index (χ0n) is 11.0. The van der Waals surface area contributed by atoms with Gasteiger partial charge in [-0.15, -0.1) is 0 Å². The van der Waals surface area contributed by atoms with Crippen LogP contribution in [0.2, 0.25) is 0 Å². The fraction of sp³-hybridized carbons (Fsp3) is 0.533. The van der Waals surface area contributed by atoms with Crippen LogP contribution < -0.4 is 5.32 Å². The highest BCUT2D eigenvalue weighted by Gasteiger charge is 2.34. The van der Waals surface area contributed by atoms with Gasteiger partial charge in [0.25, 0.3) is 0 Å². The lowest BCUT2D eigenvalue weighted by molar-refractivity contribution is 0.282. The molecule has 4 nitrogen and oxygen atoms in total. The van der Waals surface area contributed by atoms with E-state index >= 15 is 0 Å². The quantitative estimate of drug-likeness (QED) is 0.893. The average molecular weight is 257 g/mol. The molecule has 0 bridgehead atoms. The molecular formula is C15H19N3O. The predicted molar refractivity (Wildman–Crippen MR) is 73.8 cm³/mol. The molecule has 0 radical (unpaired) electrons. The summed E-state index contributed by atoms with van der Waals surface area (Å²) in [5.74, 6) is 1.66. The standard InChI is InChI=1S/C15H19N3O/c1-2-6-14-12(5-1)17-15(19-14)10-18-8-11-4-3-7-16-13(11)9-18/h1-2,5-6,11,13,16H,3-4,7-10H2/t11-,13+/m0/s1. The van der Waals surface area contributed by atoms with Gasteiger partial charge in [-0.05, 0) is 37.4 Å². The Hall–Kier alpha value is -1.39. The molecule has 0 aliphatic carbocycles. The van der Waals surface area contributed by atoms with Crippen molar-refractivity contribution in [2.24, 2.45) is 5.92 Å². The summed E-state index contributed by atoms with van der Waals surface area (Å²) in [5, 5.41) is 3.63. The third kappa shape index (κ3) is 2.15. The van der Waals surface area contributed by atoms with E-state index in [-0.39, 0.29) is 0 Å². The number of hydrogen-bond donors (Lipinski definition) is 1. The van der Waals surface area contributed by atoms with E-state index in [0.29, 0.717) is 6.04 Å². The maximum Gasteiger partial charge on any atom is 0.209 e. The lowest BCUT2D eigenvalue weighted by atomic mass is 9.94. The number of aromatic nitrogens is 1. The van der Waals surface area contributed by atoms with Gasteiger partial charge in [0.1, 0.15) is 5.52 Å². The number of oxazole rings is 1. The highest BCUT2D eigenvalue weighted by molar-refractivity contribution is 5.72. The number of likely N-dealkylation sites (tertiary alicyclic amines) is 1. The van der Waals surface area contributed by atoms with Crippen LogP contribution in [0.4, 0.5) is 0 Å². The molecule has 1 aromatic carbocycles. The highest BCUT2D eigenvalue weighted by Crippen LogP contribution is 2.26. The lowest BCUT2D eigenvalue weighted by Crippen LogP contribution is -2.40. The van der Waals surface area contributed by atoms with Crippen molar-refractivity contribution < 1.29 is 4.42 Å². The molecule has 2 aliphatic rings. The van der Waals surface area contributed by atoms with Crippen molar-refractivity contribution in [3.8, 4) is 0 Å². The Morgan fingerprint density at radius 3 is 3.16 bits per heavy atom. The summed E-state index contributed by atoms with van der Waals surface area (Å²) >= 11 is 0. The van der Waals surface area contributed by atoms with Gasteiger partial charge in [-0.1, -0.05) is 12.1 Å². The molecule has 0 spiro atoms. The number of benzene rings is 1. The van der Waals surface area contributed by atoms with Crippen molar-refractivity contribution in [2.75, 3.05) is 19.6 Å². The van der Waals surface area contributed by atoms with Crippen molar-refractivity contribution >= 4 is 11.1 Å². The van der Waals surface area contributed by atoms with Crippen LogP contribution in [-0.4, -0.2) is 35.6 Å². The van der Waals surface area contributed by atoms with Crippen molar-refractivity contribution in [3.05, 3.63) is 30.2 Å². The number of piperidine rings is 1. The fourth-order valence-corrected chi connectivity index (χ4v) is 3.44. The number of nitrogens with zero attached hydrogens (tertiary/aromatic N) is 2. The maximum atomic E-state index is 5.81. The molecule has 4 rings (SSSR count). The molecule has 0 saturated carbocycles. The van der Waals surface area contributed by atoms with Crippen LogP contribution >= 0.6 is 0 Å². The Labute approximate surface area is 112 Å². The van der Waals surface area contributed by atoms with Gasteiger partial charge in [0, 0.05) is 19.1 Å². The molecule has 1 N–H and O–H groups in total. The van der Waals surface area contributed by atoms with Crippen LogP contribution in [-0.2, 0) is 6.54 Å². The van der Waals surface area contributed by atoms with Crippen molar-refractivity contribution in [3.63, 3.8) is 0 Å². The van der Waals surface area contributed by atoms with E-state index in [1.54, 1.807) is 0 Å². The first kappa shape index (κ1) is 11.4. The van der Waals surface area contributed by atoms with Gasteiger partial charge in [0.15, 0.2) is 5.58 Å². The molecule has 2 aromatic rings. The second kappa shape index (κ2) is 4.62. The summed E-state index contributed by atoms with van der Waals surface area (Å²) in [6.45, 7) is 4.32. The third-order valence-corrected chi connectivity index (χ3v) is 4.37. The van der Waals surface area contributed by atoms with E-state index in [9.17, 15) is 0 Å². The van der Waals surface area contributed by atoms with Crippen molar-refractivity contribution in [1.29, 1.82) is 0 Å². The van der Waals surface area contributed by atoms with Gasteiger partial charge in [-0.25, -0.2) is 4.98 Å². The fourth-order valence-electron chi connectivity index (χ4n) is 3.44. The molecular weight excluding hydrogens is 238 g/mol. The van der Waals surface area contributed by atoms with E-state index in [0.717, 1.165) is 36.0 Å². The molecule has 100 valence electrons. The minimum atomic E-state index is 0.679. The molecule has 19 heavy (non-hydrogen) atoms. The summed E-state index contributed by atoms with van der Waals surface area (Å²) in [7, 11) is 0. The highest BCUT2D eigenvalue weighted by atomic mass is 16.3. The van der Waals surface area contributed by atoms with Crippen molar-refractivity contribution in [2.45, 2.75) is 25.4 Å². The number of hydrogen-bond acceptors (Lipinski definition) is 4. The molecule has 1 aromatic heterocycles. The smallest absolute Gasteiger partial charge is 0.209 e. The summed E-state index contributed by atoms with van der Waals surface area (Å²) in [6.07, 6.45) is 2.68. The van der Waals surface area contributed by atoms with E-state index in [1.807, 2.05) is 24.3 Å². The predicted octanol–water partition coefficient (Wildman–Crippen LogP) is 2.01. The Balaban J connectivity index is 1.49. The number of para-hydroxylation sites is 2. The molecule has 2 saturated heterocycles. The first-order valence-electron chi connectivity index (χ1n) is 7.19. The van der Waals surface area contributed by atoms with E-state index in [1.165, 1.54) is 25.9 Å². The van der Waals surface area contributed by atoms with Crippen LogP contribution in [0.5, 0.6) is 0 Å². The molecule has 2 aliphatic heterocycles. The number of nitrogens with one attached hydrogen (secondary N) is 1. The van der Waals surface area contributed by atoms with Crippen LogP contribution in [0.15, 0.2) is 28.7 Å². The van der Waals surface area contributed by atoms with Crippen molar-refractivity contribution in [1.82, 2.24) is 15.2 Å². The van der Waals surface area contributed by atoms with Crippen LogP contribution in [0, 0.1) is 5.92 Å². The van der Waals surface area contributed by atoms with E-state index in [2.05, 4.69) is 15.2 Å². The first-order chi connectivity index (χ1) is 9.38. The summed E-state index contributed by atoms with van der Waals surface area (Å²) < 4.78 is 5.81. The minimum absolute atomic E-state index is 0.679. The molecule has 2 atom stereocenters. The summed E-state index contributed by atoms with van der Waals surface area (Å²) in [6, 6.07) is 8.66. The molecule has 3 heterocycles. The Kier molecular flexibility index (Phi) is 2.78. The average Bonchev–Trinajstić information content (AvgIpc) is 3.00. The lowest BCUT2D eigenvalue weighted by Gasteiger charge is -2.24. The van der Waals surface area contributed by atoms with Gasteiger partial charge in [-0.3, -0.25) is 4.90 Å². The van der Waals surface area contributed by atoms with Gasteiger partial charge < -0.3 is 9.73 Å². The minimum Gasteiger partial charge on any atom is -0.439 e. The third-order valence-electron chi connectivity index (χ3n) is 4.37. The van der Waals surface area contributed by atoms with Crippen LogP contribution in [0.1, 0.15) is 18.7 Å². The molecule has 0 unspecified atom stereocenters. The first-order valence-corrected chi connectivity index (χ1v) is 7.19. The summed E-state index contributed by atoms with van der Waals surface area (Å²) in [4.78, 5) is 7.04. The van der Waals surface area contributed by atoms with Gasteiger partial charge in [-0.2, -0.15) is 0 Å². The molecule has 2 fully saturated rings. The normalized spacial score (nSPS) is 27.8. The summed E-state index contributed by atoms with van der Waals surface area (Å²) in [5.41, 5.74) is 1.86. The number of fused-ring (bicyclic) bond motifs is 2. The Morgan fingerprint density at radius 1 is 1.32 bits per heavy atom. The molecule has 0 amide bonds. The number of rotatable bonds is 2. The zero-order chi connectivity index (χ0) is 12.7. The zero-order valence-corrected chi connectivity index (χ0v) is 11.0. The topological polar surface area (TPSA) is 41.3 Å². The second-order valence-electron chi connectivity index (χ2n) is 5.73. The molecule has 4 heteroatoms. The van der Waals surface area contributed by atoms with Gasteiger partial charge >= 0.3 is 0 Å². The second-order valence-corrected chi connectivity index (χ2v) is 5.73. The Bertz CT molecular complexity index is 533. The Morgan fingerprint density at radius 2 is 2.26 bits per heavy atom.